The molecule has 0 aliphatic rings. The number of hydrogen-bond acceptors (Lipinski definition) is 6. The highest BCUT2D eigenvalue weighted by atomic mass is 32.1. The van der Waals surface area contributed by atoms with Crippen molar-refractivity contribution in [2.45, 2.75) is 0 Å². The number of hydrogen-bond donors (Lipinski definition) is 4. The van der Waals surface area contributed by atoms with Gasteiger partial charge in [0.15, 0.2) is 5.13 Å². The van der Waals surface area contributed by atoms with Crippen molar-refractivity contribution >= 4 is 55.7 Å². The number of nitrogens with zero attached hydrogens (tertiary/aromatic N) is 1. The summed E-state index contributed by atoms with van der Waals surface area (Å²) >= 11 is 1.35. The lowest BCUT2D eigenvalue weighted by Crippen LogP contribution is -2.19. The fraction of sp³-hybridized carbons (Fsp3) is 0.0455. The summed E-state index contributed by atoms with van der Waals surface area (Å²) in [6.07, 6.45) is 0. The van der Waals surface area contributed by atoms with Crippen molar-refractivity contribution in [2.24, 2.45) is 0 Å². The Morgan fingerprint density at radius 3 is 2.48 bits per heavy atom. The number of nitrogens with two attached hydrogens (primary N) is 1. The first-order chi connectivity index (χ1) is 15.0. The number of aromatic nitrogens is 1. The zero-order valence-corrected chi connectivity index (χ0v) is 17.3. The molecule has 31 heavy (non-hydrogen) atoms. The van der Waals surface area contributed by atoms with Gasteiger partial charge in [-0.1, -0.05) is 23.5 Å². The maximum Gasteiger partial charge on any atom is 0.325 e. The average Bonchev–Trinajstić information content (AvgIpc) is 3.16. The van der Waals surface area contributed by atoms with Crippen LogP contribution in [-0.2, 0) is 0 Å². The van der Waals surface area contributed by atoms with Gasteiger partial charge in [-0.05, 0) is 54.6 Å². The number of urea groups is 1. The first-order valence-electron chi connectivity index (χ1n) is 9.30. The molecule has 8 nitrogen and oxygen atoms in total. The number of fused-ring (bicyclic) bond motifs is 1. The van der Waals surface area contributed by atoms with Gasteiger partial charge in [-0.25, -0.2) is 9.78 Å². The van der Waals surface area contributed by atoms with E-state index in [0.717, 1.165) is 16.0 Å². The maximum absolute atomic E-state index is 12.4. The van der Waals surface area contributed by atoms with Crippen molar-refractivity contribution in [3.8, 4) is 5.75 Å². The summed E-state index contributed by atoms with van der Waals surface area (Å²) in [5.41, 5.74) is 8.63. The van der Waals surface area contributed by atoms with Gasteiger partial charge >= 0.3 is 6.03 Å². The zero-order chi connectivity index (χ0) is 21.8. The minimum absolute atomic E-state index is 0.293. The number of amides is 3. The second kappa shape index (κ2) is 8.72. The molecule has 5 N–H and O–H groups in total. The van der Waals surface area contributed by atoms with Crippen molar-refractivity contribution in [2.75, 3.05) is 28.8 Å². The summed E-state index contributed by atoms with van der Waals surface area (Å²) in [5, 5.41) is 8.67. The van der Waals surface area contributed by atoms with Crippen molar-refractivity contribution in [1.82, 2.24) is 4.98 Å². The van der Waals surface area contributed by atoms with E-state index in [4.69, 9.17) is 10.5 Å². The quantitative estimate of drug-likeness (QED) is 0.338. The van der Waals surface area contributed by atoms with Gasteiger partial charge in [-0.15, -0.1) is 0 Å². The number of anilines is 4. The van der Waals surface area contributed by atoms with Gasteiger partial charge < -0.3 is 21.1 Å². The first kappa shape index (κ1) is 20.2. The lowest BCUT2D eigenvalue weighted by molar-refractivity contribution is 0.102. The van der Waals surface area contributed by atoms with Crippen molar-refractivity contribution in [3.05, 3.63) is 72.3 Å². The fourth-order valence-electron chi connectivity index (χ4n) is 2.86. The summed E-state index contributed by atoms with van der Waals surface area (Å²) in [6, 6.07) is 18.6. The Labute approximate surface area is 182 Å². The molecule has 4 aromatic rings. The van der Waals surface area contributed by atoms with Crippen LogP contribution in [0.2, 0.25) is 0 Å². The minimum Gasteiger partial charge on any atom is -0.497 e. The van der Waals surface area contributed by atoms with E-state index in [1.807, 2.05) is 18.2 Å². The summed E-state index contributed by atoms with van der Waals surface area (Å²) in [4.78, 5) is 29.1. The number of rotatable bonds is 5. The third kappa shape index (κ3) is 4.73. The number of nitrogen functional groups attached to an aromatic ring is 1. The number of benzene rings is 3. The van der Waals surface area contributed by atoms with Crippen LogP contribution < -0.4 is 26.4 Å². The van der Waals surface area contributed by atoms with Crippen LogP contribution in [0.4, 0.5) is 27.0 Å². The Kier molecular flexibility index (Phi) is 5.67. The van der Waals surface area contributed by atoms with E-state index in [9.17, 15) is 9.59 Å². The predicted molar refractivity (Wildman–Crippen MR) is 124 cm³/mol. The summed E-state index contributed by atoms with van der Waals surface area (Å²) in [7, 11) is 1.60. The van der Waals surface area contributed by atoms with E-state index in [1.165, 1.54) is 11.3 Å². The number of nitrogens with one attached hydrogen (secondary N) is 3. The molecule has 1 aromatic heterocycles. The Hall–Kier alpha value is -4.11. The van der Waals surface area contributed by atoms with Crippen molar-refractivity contribution in [3.63, 3.8) is 0 Å². The lowest BCUT2D eigenvalue weighted by Gasteiger charge is -2.09. The molecule has 0 aliphatic carbocycles. The molecule has 0 saturated carbocycles. The van der Waals surface area contributed by atoms with E-state index in [2.05, 4.69) is 20.9 Å². The number of methoxy groups -OCH3 is 1. The molecule has 0 fully saturated rings. The third-order valence-electron chi connectivity index (χ3n) is 4.43. The van der Waals surface area contributed by atoms with Crippen LogP contribution in [0, 0.1) is 0 Å². The third-order valence-corrected chi connectivity index (χ3v) is 5.36. The highest BCUT2D eigenvalue weighted by molar-refractivity contribution is 7.22. The molecule has 0 unspecified atom stereocenters. The molecule has 3 aromatic carbocycles. The molecule has 0 atom stereocenters. The van der Waals surface area contributed by atoms with Crippen LogP contribution in [0.3, 0.4) is 0 Å². The van der Waals surface area contributed by atoms with Gasteiger partial charge in [-0.2, -0.15) is 0 Å². The predicted octanol–water partition coefficient (Wildman–Crippen LogP) is 4.78. The summed E-state index contributed by atoms with van der Waals surface area (Å²) in [6.45, 7) is 0. The Balaban J connectivity index is 1.37. The van der Waals surface area contributed by atoms with Crippen LogP contribution in [-0.4, -0.2) is 24.0 Å². The Bertz CT molecular complexity index is 1250. The first-order valence-corrected chi connectivity index (χ1v) is 10.1. The Morgan fingerprint density at radius 2 is 1.74 bits per heavy atom. The van der Waals surface area contributed by atoms with E-state index < -0.39 is 6.03 Å². The lowest BCUT2D eigenvalue weighted by atomic mass is 10.2. The van der Waals surface area contributed by atoms with Crippen LogP contribution in [0.1, 0.15) is 10.4 Å². The molecular weight excluding hydrogens is 414 g/mol. The second-order valence-electron chi connectivity index (χ2n) is 6.55. The molecule has 4 rings (SSSR count). The maximum atomic E-state index is 12.4. The van der Waals surface area contributed by atoms with Crippen LogP contribution in [0.15, 0.2) is 66.7 Å². The number of thiazole rings is 1. The minimum atomic E-state index is -0.430. The SMILES string of the molecule is COc1ccc2nc(NC(=O)Nc3ccc(C(=O)Nc4ccccc4N)cc3)sc2c1. The van der Waals surface area contributed by atoms with Crippen LogP contribution in [0.5, 0.6) is 5.75 Å². The van der Waals surface area contributed by atoms with Gasteiger partial charge in [0, 0.05) is 11.3 Å². The van der Waals surface area contributed by atoms with Crippen molar-refractivity contribution < 1.29 is 14.3 Å². The number of carbonyl (C=O) groups is 2. The van der Waals surface area contributed by atoms with Crippen LogP contribution >= 0.6 is 11.3 Å². The normalized spacial score (nSPS) is 10.5. The monoisotopic (exact) mass is 433 g/mol. The van der Waals surface area contributed by atoms with Crippen LogP contribution in [0.25, 0.3) is 10.2 Å². The molecule has 0 radical (unpaired) electrons. The zero-order valence-electron chi connectivity index (χ0n) is 16.5. The number of carbonyl (C=O) groups excluding carboxylic acids is 2. The second-order valence-corrected chi connectivity index (χ2v) is 7.58. The highest BCUT2D eigenvalue weighted by Gasteiger charge is 2.11. The average molecular weight is 433 g/mol. The number of ether oxygens (including phenoxy) is 1. The van der Waals surface area contributed by atoms with Gasteiger partial charge in [0.2, 0.25) is 0 Å². The van der Waals surface area contributed by atoms with Gasteiger partial charge in [0.05, 0.1) is 28.7 Å². The van der Waals surface area contributed by atoms with E-state index in [0.29, 0.717) is 27.8 Å². The molecule has 9 heteroatoms. The van der Waals surface area contributed by atoms with Gasteiger partial charge in [0.1, 0.15) is 5.75 Å². The van der Waals surface area contributed by atoms with E-state index in [-0.39, 0.29) is 5.91 Å². The molecule has 0 aliphatic heterocycles. The van der Waals surface area contributed by atoms with Gasteiger partial charge in [-0.3, -0.25) is 10.1 Å². The Morgan fingerprint density at radius 1 is 0.968 bits per heavy atom. The highest BCUT2D eigenvalue weighted by Crippen LogP contribution is 2.29. The molecule has 156 valence electrons. The van der Waals surface area contributed by atoms with E-state index in [1.54, 1.807) is 55.6 Å². The molecule has 0 saturated heterocycles. The van der Waals surface area contributed by atoms with E-state index >= 15 is 0 Å². The smallest absolute Gasteiger partial charge is 0.325 e. The van der Waals surface area contributed by atoms with Crippen molar-refractivity contribution in [1.29, 1.82) is 0 Å². The van der Waals surface area contributed by atoms with Gasteiger partial charge in [0.25, 0.3) is 5.91 Å². The topological polar surface area (TPSA) is 118 Å². The molecular formula is C22H19N5O3S. The fourth-order valence-corrected chi connectivity index (χ4v) is 3.74. The largest absolute Gasteiger partial charge is 0.497 e. The molecule has 0 bridgehead atoms. The summed E-state index contributed by atoms with van der Waals surface area (Å²) in [5.74, 6) is 0.435. The standard InChI is InChI=1S/C22H19N5O3S/c1-30-15-10-11-18-19(12-15)31-22(26-18)27-21(29)24-14-8-6-13(7-9-14)20(28)25-17-5-3-2-4-16(17)23/h2-12H,23H2,1H3,(H,25,28)(H2,24,26,27,29). The number of para-hydroxylation sites is 2. The molecule has 0 spiro atoms. The molecule has 3 amide bonds. The summed E-state index contributed by atoms with van der Waals surface area (Å²) < 4.78 is 6.11. The molecule has 1 heterocycles.